The molecule has 1 heterocycles. The van der Waals surface area contributed by atoms with Gasteiger partial charge in [0.15, 0.2) is 0 Å². The fraction of sp³-hybridized carbons (Fsp3) is 0.357. The lowest BCUT2D eigenvalue weighted by Crippen LogP contribution is -2.09. The van der Waals surface area contributed by atoms with E-state index in [9.17, 15) is 5.11 Å². The Morgan fingerprint density at radius 1 is 1.33 bits per heavy atom. The topological polar surface area (TPSA) is 46.3 Å². The lowest BCUT2D eigenvalue weighted by atomic mass is 9.94. The SMILES string of the molecule is CC(C)(C)c1cnc(CSc2cccc(O)c2)o1. The number of oxazole rings is 1. The third-order valence-corrected chi connectivity index (χ3v) is 3.45. The molecule has 0 amide bonds. The number of benzene rings is 1. The van der Waals surface area contributed by atoms with E-state index in [1.54, 1.807) is 30.1 Å². The summed E-state index contributed by atoms with van der Waals surface area (Å²) in [6.07, 6.45) is 1.79. The zero-order valence-electron chi connectivity index (χ0n) is 10.8. The minimum absolute atomic E-state index is 0.0130. The minimum Gasteiger partial charge on any atom is -0.508 e. The molecule has 0 atom stereocenters. The highest BCUT2D eigenvalue weighted by Gasteiger charge is 2.19. The second kappa shape index (κ2) is 5.06. The molecule has 0 aliphatic heterocycles. The van der Waals surface area contributed by atoms with Gasteiger partial charge in [-0.15, -0.1) is 11.8 Å². The van der Waals surface area contributed by atoms with E-state index in [0.29, 0.717) is 11.6 Å². The Bertz CT molecular complexity index is 529. The molecule has 3 nitrogen and oxygen atoms in total. The zero-order chi connectivity index (χ0) is 13.2. The number of aromatic nitrogens is 1. The highest BCUT2D eigenvalue weighted by atomic mass is 32.2. The van der Waals surface area contributed by atoms with Crippen molar-refractivity contribution in [3.05, 3.63) is 42.1 Å². The number of thioether (sulfide) groups is 1. The van der Waals surface area contributed by atoms with E-state index in [4.69, 9.17) is 4.42 Å². The second-order valence-corrected chi connectivity index (χ2v) is 6.20. The van der Waals surface area contributed by atoms with E-state index in [1.807, 2.05) is 12.1 Å². The van der Waals surface area contributed by atoms with Crippen LogP contribution < -0.4 is 0 Å². The first-order valence-electron chi connectivity index (χ1n) is 5.82. The Morgan fingerprint density at radius 3 is 2.72 bits per heavy atom. The summed E-state index contributed by atoms with van der Waals surface area (Å²) >= 11 is 1.60. The number of hydrogen-bond acceptors (Lipinski definition) is 4. The van der Waals surface area contributed by atoms with Gasteiger partial charge < -0.3 is 9.52 Å². The summed E-state index contributed by atoms with van der Waals surface area (Å²) in [7, 11) is 0. The monoisotopic (exact) mass is 263 g/mol. The Balaban J connectivity index is 2.01. The number of aromatic hydroxyl groups is 1. The molecule has 0 aliphatic carbocycles. The fourth-order valence-corrected chi connectivity index (χ4v) is 2.24. The molecule has 0 saturated heterocycles. The normalized spacial score (nSPS) is 11.7. The fourth-order valence-electron chi connectivity index (χ4n) is 1.44. The summed E-state index contributed by atoms with van der Waals surface area (Å²) < 4.78 is 5.71. The van der Waals surface area contributed by atoms with E-state index in [1.165, 1.54) is 0 Å². The number of rotatable bonds is 3. The first-order valence-corrected chi connectivity index (χ1v) is 6.81. The minimum atomic E-state index is -0.0130. The Hall–Kier alpha value is -1.42. The van der Waals surface area contributed by atoms with Crippen LogP contribution in [0.2, 0.25) is 0 Å². The van der Waals surface area contributed by atoms with Gasteiger partial charge in [0.25, 0.3) is 0 Å². The van der Waals surface area contributed by atoms with Crippen LogP contribution in [0, 0.1) is 0 Å². The van der Waals surface area contributed by atoms with Crippen molar-refractivity contribution in [2.45, 2.75) is 36.8 Å². The third-order valence-electron chi connectivity index (χ3n) is 2.47. The van der Waals surface area contributed by atoms with Crippen LogP contribution in [0.15, 0.2) is 39.8 Å². The van der Waals surface area contributed by atoms with Gasteiger partial charge in [-0.25, -0.2) is 4.98 Å². The van der Waals surface area contributed by atoms with Gasteiger partial charge in [-0.3, -0.25) is 0 Å². The van der Waals surface area contributed by atoms with Crippen LogP contribution in [0.4, 0.5) is 0 Å². The molecule has 0 bridgehead atoms. The molecule has 2 rings (SSSR count). The predicted molar refractivity (Wildman–Crippen MR) is 72.9 cm³/mol. The average molecular weight is 263 g/mol. The van der Waals surface area contributed by atoms with Crippen LogP contribution >= 0.6 is 11.8 Å². The Labute approximate surface area is 111 Å². The van der Waals surface area contributed by atoms with E-state index >= 15 is 0 Å². The molecule has 2 aromatic rings. The Kier molecular flexibility index (Phi) is 3.66. The molecule has 0 spiro atoms. The first kappa shape index (κ1) is 13.0. The molecule has 0 radical (unpaired) electrons. The molecule has 4 heteroatoms. The van der Waals surface area contributed by atoms with E-state index in [2.05, 4.69) is 25.8 Å². The number of hydrogen-bond donors (Lipinski definition) is 1. The van der Waals surface area contributed by atoms with Gasteiger partial charge in [-0.2, -0.15) is 0 Å². The van der Waals surface area contributed by atoms with Crippen LogP contribution in [0.1, 0.15) is 32.4 Å². The van der Waals surface area contributed by atoms with Crippen LogP contribution in [0.5, 0.6) is 5.75 Å². The maximum atomic E-state index is 9.37. The average Bonchev–Trinajstić information content (AvgIpc) is 2.74. The summed E-state index contributed by atoms with van der Waals surface area (Å²) in [6.45, 7) is 6.29. The number of phenols is 1. The summed E-state index contributed by atoms with van der Waals surface area (Å²) in [6, 6.07) is 7.18. The quantitative estimate of drug-likeness (QED) is 0.851. The van der Waals surface area contributed by atoms with Crippen LogP contribution in [0.25, 0.3) is 0 Å². The van der Waals surface area contributed by atoms with Crippen molar-refractivity contribution in [1.29, 1.82) is 0 Å². The maximum absolute atomic E-state index is 9.37. The molecule has 1 N–H and O–H groups in total. The largest absolute Gasteiger partial charge is 0.508 e. The van der Waals surface area contributed by atoms with Crippen LogP contribution in [0.3, 0.4) is 0 Å². The molecule has 0 aliphatic rings. The van der Waals surface area contributed by atoms with Crippen molar-refractivity contribution in [2.24, 2.45) is 0 Å². The highest BCUT2D eigenvalue weighted by molar-refractivity contribution is 7.98. The highest BCUT2D eigenvalue weighted by Crippen LogP contribution is 2.28. The van der Waals surface area contributed by atoms with Gasteiger partial charge in [0.05, 0.1) is 11.9 Å². The second-order valence-electron chi connectivity index (χ2n) is 5.15. The van der Waals surface area contributed by atoms with E-state index in [0.717, 1.165) is 10.7 Å². The van der Waals surface area contributed by atoms with Crippen molar-refractivity contribution < 1.29 is 9.52 Å². The summed E-state index contributed by atoms with van der Waals surface area (Å²) in [5.74, 6) is 2.56. The van der Waals surface area contributed by atoms with E-state index < -0.39 is 0 Å². The molecule has 0 fully saturated rings. The summed E-state index contributed by atoms with van der Waals surface area (Å²) in [5.41, 5.74) is -0.0130. The maximum Gasteiger partial charge on any atom is 0.204 e. The first-order chi connectivity index (χ1) is 8.45. The summed E-state index contributed by atoms with van der Waals surface area (Å²) in [4.78, 5) is 5.28. The molecular weight excluding hydrogens is 246 g/mol. The standard InChI is InChI=1S/C14H17NO2S/c1-14(2,3)12-8-15-13(17-12)9-18-11-6-4-5-10(16)7-11/h4-8,16H,9H2,1-3H3. The molecule has 1 aromatic carbocycles. The van der Waals surface area contributed by atoms with Gasteiger partial charge in [0.1, 0.15) is 11.5 Å². The van der Waals surface area contributed by atoms with Crippen molar-refractivity contribution >= 4 is 11.8 Å². The lowest BCUT2D eigenvalue weighted by Gasteiger charge is -2.13. The zero-order valence-corrected chi connectivity index (χ0v) is 11.6. The van der Waals surface area contributed by atoms with Gasteiger partial charge in [0, 0.05) is 10.3 Å². The van der Waals surface area contributed by atoms with Gasteiger partial charge in [-0.05, 0) is 18.2 Å². The van der Waals surface area contributed by atoms with Crippen molar-refractivity contribution in [3.8, 4) is 5.75 Å². The van der Waals surface area contributed by atoms with Gasteiger partial charge in [0.2, 0.25) is 5.89 Å². The summed E-state index contributed by atoms with van der Waals surface area (Å²) in [5, 5.41) is 9.37. The molecule has 0 unspecified atom stereocenters. The van der Waals surface area contributed by atoms with Crippen molar-refractivity contribution in [1.82, 2.24) is 4.98 Å². The van der Waals surface area contributed by atoms with Crippen LogP contribution in [-0.2, 0) is 11.2 Å². The molecule has 96 valence electrons. The molecule has 1 aromatic heterocycles. The van der Waals surface area contributed by atoms with E-state index in [-0.39, 0.29) is 11.2 Å². The van der Waals surface area contributed by atoms with Crippen molar-refractivity contribution in [3.63, 3.8) is 0 Å². The third kappa shape index (κ3) is 3.29. The lowest BCUT2D eigenvalue weighted by molar-refractivity contribution is 0.391. The van der Waals surface area contributed by atoms with Crippen LogP contribution in [-0.4, -0.2) is 10.1 Å². The molecule has 18 heavy (non-hydrogen) atoms. The van der Waals surface area contributed by atoms with Gasteiger partial charge >= 0.3 is 0 Å². The number of phenolic OH excluding ortho intramolecular Hbond substituents is 1. The number of nitrogens with zero attached hydrogens (tertiary/aromatic N) is 1. The smallest absolute Gasteiger partial charge is 0.204 e. The predicted octanol–water partition coefficient (Wildman–Crippen LogP) is 3.97. The Morgan fingerprint density at radius 2 is 2.11 bits per heavy atom. The molecular formula is C14H17NO2S. The van der Waals surface area contributed by atoms with Gasteiger partial charge in [-0.1, -0.05) is 26.8 Å². The molecule has 0 saturated carbocycles. The van der Waals surface area contributed by atoms with Crippen molar-refractivity contribution in [2.75, 3.05) is 0 Å².